The van der Waals surface area contributed by atoms with Gasteiger partial charge in [-0.05, 0) is 265 Å². The fourth-order valence-corrected chi connectivity index (χ4v) is 22.5. The van der Waals surface area contributed by atoms with Gasteiger partial charge in [0.15, 0.2) is 10.8 Å². The molecule has 3 saturated carbocycles. The molecule has 134 heavy (non-hydrogen) atoms. The van der Waals surface area contributed by atoms with Crippen LogP contribution in [0.5, 0.6) is 17.2 Å². The predicted molar refractivity (Wildman–Crippen MR) is 539 cm³/mol. The van der Waals surface area contributed by atoms with E-state index in [1.54, 1.807) is 53.3 Å². The lowest BCUT2D eigenvalue weighted by Crippen LogP contribution is -2.29. The lowest BCUT2D eigenvalue weighted by molar-refractivity contribution is -0.152. The summed E-state index contributed by atoms with van der Waals surface area (Å²) in [4.78, 5) is 105. The molecular formula is C108H114N6O15S5. The first kappa shape index (κ1) is 98.2. The van der Waals surface area contributed by atoms with E-state index >= 15 is 0 Å². The molecule has 4 heterocycles. The van der Waals surface area contributed by atoms with Gasteiger partial charge in [0.25, 0.3) is 0 Å². The summed E-state index contributed by atoms with van der Waals surface area (Å²) >= 11 is 8.75. The molecule has 0 N–H and O–H groups in total. The highest BCUT2D eigenvalue weighted by Crippen LogP contribution is 2.55. The maximum absolute atomic E-state index is 13.8. The molecule has 4 aliphatic rings. The van der Waals surface area contributed by atoms with Crippen LogP contribution in [0.1, 0.15) is 183 Å². The number of hydrogen-bond donors (Lipinski definition) is 0. The topological polar surface area (TPSA) is 261 Å². The fraction of sp³-hybridized carbons (Fsp3) is 0.352. The summed E-state index contributed by atoms with van der Waals surface area (Å²) in [6, 6.07) is 53.6. The van der Waals surface area contributed by atoms with Gasteiger partial charge in [-0.25, -0.2) is 24.4 Å². The molecule has 0 saturated heterocycles. The number of fused-ring (bicyclic) bond motifs is 5. The maximum atomic E-state index is 13.8. The van der Waals surface area contributed by atoms with Gasteiger partial charge in [0.05, 0.1) is 101 Å². The molecule has 26 heteroatoms. The average molecular weight is 1900 g/mol. The van der Waals surface area contributed by atoms with Gasteiger partial charge in [-0.2, -0.15) is 0 Å². The van der Waals surface area contributed by atoms with Crippen molar-refractivity contribution < 1.29 is 71.5 Å². The molecule has 0 spiro atoms. The van der Waals surface area contributed by atoms with Gasteiger partial charge < -0.3 is 42.5 Å². The summed E-state index contributed by atoms with van der Waals surface area (Å²) in [5, 5.41) is 14.3. The summed E-state index contributed by atoms with van der Waals surface area (Å²) in [5.74, 6) is -0.595. The monoisotopic (exact) mass is 1890 g/mol. The van der Waals surface area contributed by atoms with E-state index in [0.29, 0.717) is 96.2 Å². The van der Waals surface area contributed by atoms with Crippen molar-refractivity contribution in [2.24, 2.45) is 44.8 Å². The van der Waals surface area contributed by atoms with Gasteiger partial charge in [-0.3, -0.25) is 24.2 Å². The van der Waals surface area contributed by atoms with Crippen LogP contribution >= 0.6 is 58.0 Å². The lowest BCUT2D eigenvalue weighted by atomic mass is 9.77. The number of aliphatic imine (C=N–C) groups is 1. The molecule has 696 valence electrons. The van der Waals surface area contributed by atoms with Crippen LogP contribution in [0.25, 0.3) is 77.1 Å². The average Bonchev–Trinajstić information content (AvgIpc) is 1.59. The second-order valence-electron chi connectivity index (χ2n) is 33.8. The first-order valence-electron chi connectivity index (χ1n) is 46.5. The molecule has 0 bridgehead atoms. The van der Waals surface area contributed by atoms with Gasteiger partial charge in [0.1, 0.15) is 27.2 Å². The van der Waals surface area contributed by atoms with E-state index in [-0.39, 0.29) is 73.4 Å². The Labute approximate surface area is 804 Å². The van der Waals surface area contributed by atoms with E-state index in [1.165, 1.54) is 74.7 Å². The highest BCUT2D eigenvalue weighted by molar-refractivity contribution is 8.25. The van der Waals surface area contributed by atoms with E-state index in [1.807, 2.05) is 90.0 Å². The first-order valence-corrected chi connectivity index (χ1v) is 50.7. The molecular weight excluding hydrogens is 1780 g/mol. The normalized spacial score (nSPS) is 17.3. The number of azo groups is 1. The molecule has 21 nitrogen and oxygen atoms in total. The van der Waals surface area contributed by atoms with Crippen molar-refractivity contribution in [2.45, 2.75) is 183 Å². The number of benzene rings is 8. The van der Waals surface area contributed by atoms with Crippen LogP contribution in [0.15, 0.2) is 243 Å². The Morgan fingerprint density at radius 3 is 1.75 bits per heavy atom. The number of thiazole rings is 2. The van der Waals surface area contributed by atoms with E-state index in [4.69, 9.17) is 63.1 Å². The number of unbranched alkanes of at least 4 members (excludes halogenated alkanes) is 5. The second kappa shape index (κ2) is 49.4. The molecule has 3 aromatic heterocycles. The van der Waals surface area contributed by atoms with Gasteiger partial charge in [0, 0.05) is 73.3 Å². The zero-order chi connectivity index (χ0) is 93.7. The summed E-state index contributed by atoms with van der Waals surface area (Å²) < 4.78 is 48.3. The van der Waals surface area contributed by atoms with Crippen LogP contribution in [0.4, 0.5) is 16.4 Å². The van der Waals surface area contributed by atoms with Crippen LogP contribution in [-0.4, -0.2) is 108 Å². The number of esters is 7. The van der Waals surface area contributed by atoms with Crippen LogP contribution in [0.3, 0.4) is 0 Å². The van der Waals surface area contributed by atoms with Crippen molar-refractivity contribution in [2.75, 3.05) is 45.4 Å². The van der Waals surface area contributed by atoms with Crippen LogP contribution in [0.2, 0.25) is 0 Å². The molecule has 3 fully saturated rings. The van der Waals surface area contributed by atoms with Crippen LogP contribution < -0.4 is 14.2 Å². The second-order valence-corrected chi connectivity index (χ2v) is 39.6. The number of para-hydroxylation sites is 1. The molecule has 0 radical (unpaired) electrons. The third-order valence-corrected chi connectivity index (χ3v) is 29.9. The third-order valence-electron chi connectivity index (χ3n) is 24.5. The Balaban J connectivity index is 0.000000220. The van der Waals surface area contributed by atoms with Gasteiger partial charge >= 0.3 is 41.8 Å². The third kappa shape index (κ3) is 27.1. The summed E-state index contributed by atoms with van der Waals surface area (Å²) in [6.07, 6.45) is 28.4. The molecule has 3 aliphatic carbocycles. The number of hydrogen-bond acceptors (Lipinski definition) is 25. The van der Waals surface area contributed by atoms with E-state index in [2.05, 4.69) is 149 Å². The van der Waals surface area contributed by atoms with Crippen molar-refractivity contribution in [1.82, 2.24) is 14.5 Å². The number of aryl methyl sites for hydroxylation is 1. The molecule has 15 rings (SSSR count). The highest BCUT2D eigenvalue weighted by Gasteiger charge is 2.35. The number of thioether (sulfide) groups is 3. The lowest BCUT2D eigenvalue weighted by Gasteiger charge is -2.28. The minimum Gasteiger partial charge on any atom is -0.494 e. The first-order chi connectivity index (χ1) is 65.4. The largest absolute Gasteiger partial charge is 0.494 e. The zero-order valence-corrected chi connectivity index (χ0v) is 80.3. The van der Waals surface area contributed by atoms with E-state index < -0.39 is 35.7 Å². The van der Waals surface area contributed by atoms with E-state index in [0.717, 1.165) is 141 Å². The van der Waals surface area contributed by atoms with Crippen molar-refractivity contribution >= 4 is 167 Å². The molecule has 0 unspecified atom stereocenters. The molecule has 1 aliphatic heterocycles. The summed E-state index contributed by atoms with van der Waals surface area (Å²) in [5.41, 5.74) is 12.9. The molecule has 11 aromatic rings. The number of aromatic nitrogens is 3. The van der Waals surface area contributed by atoms with Gasteiger partial charge in [-0.1, -0.05) is 167 Å². The number of carbonyl (C=O) groups excluding carboxylic acids is 7. The quantitative estimate of drug-likeness (QED) is 0.00504. The van der Waals surface area contributed by atoms with Gasteiger partial charge in [-0.15, -0.1) is 33.3 Å². The smallest absolute Gasteiger partial charge is 0.330 e. The van der Waals surface area contributed by atoms with Crippen molar-refractivity contribution in [3.63, 3.8) is 0 Å². The number of carbonyl (C=O) groups is 7. The minimum atomic E-state index is -0.497. The Bertz CT molecular complexity index is 6070. The fourth-order valence-electron chi connectivity index (χ4n) is 17.3. The van der Waals surface area contributed by atoms with Gasteiger partial charge in [0.2, 0.25) is 0 Å². The summed E-state index contributed by atoms with van der Waals surface area (Å²) in [7, 11) is 0. The van der Waals surface area contributed by atoms with Crippen LogP contribution in [0, 0.1) is 36.5 Å². The van der Waals surface area contributed by atoms with E-state index in [9.17, 15) is 33.6 Å². The Kier molecular flexibility index (Phi) is 36.2. The van der Waals surface area contributed by atoms with Crippen LogP contribution in [-0.2, 0) is 57.2 Å². The number of rotatable bonds is 41. The Morgan fingerprint density at radius 1 is 0.515 bits per heavy atom. The standard InChI is InChI=1S/C58H59N3O12S.C50H55N3O3S4/c1-4-52(62)68-29-9-11-31-70-55(64)38-16-20-40(21-17-38)57(66)72-43-25-28-50(73-58(67)41-22-18-39(19-23-41)56(65)71-32-12-10-30-69-53(63)5-2)47(35-43)59-36-37-15-27-48-45(33-37)44-26-24-42(34-49(44)61(48)6-3)54-60-46-13-7-8-14-51(46)74-54;1-5-12-35-13-15-36(16-14-35)37-17-19-39(20-18-37)43-26-23-40(38-21-24-41(25-22-38)55-27-10-8-9-11-28-56-48(54)6-2)30-44(43)52-53-47-33-51-46(59-47)32-49-58-45-31-42(57-7-3)29-34(4)50(45)60-49/h4-8,13-15,24-28,33-36,38-41H,1-3,9-12,16-23,29-32H2;6,17-26,29-33,35-36H,2,5,7-16,27-28H2,1,3-4H3/b;49-32+,53-52?. The Morgan fingerprint density at radius 2 is 1.11 bits per heavy atom. The highest BCUT2D eigenvalue weighted by atomic mass is 32.2. The molecule has 0 amide bonds. The maximum Gasteiger partial charge on any atom is 0.330 e. The summed E-state index contributed by atoms with van der Waals surface area (Å²) in [6.45, 7) is 22.9. The molecule has 0 atom stereocenters. The number of ether oxygens (including phenoxy) is 8. The Hall–Kier alpha value is -11.8. The zero-order valence-electron chi connectivity index (χ0n) is 76.2. The SMILES string of the molecule is C=CC(=O)OCCCCCCOc1ccc(-c2ccc(-c3ccc(C4CCC(CCC)CC4)cc3)c(N=Nc3cnc(/C=C4\Sc5cc(SCC)cc(C)c5S4)s3)c2)cc1.C=CC(=O)OCCCCOC(=O)C1CCC(C(=O)Oc2ccc(OC(=O)C3CCC(C(=O)OCCCCOC(=O)C=C)CC3)c(N=Cc3ccc4c(c3)c3ccc(-c5nc6ccccc6s5)cc3n4C=C)c2)CC1. The van der Waals surface area contributed by atoms with Crippen molar-refractivity contribution in [3.05, 3.63) is 234 Å². The molecule has 8 aromatic carbocycles. The predicted octanol–water partition coefficient (Wildman–Crippen LogP) is 27.7. The number of nitrogens with zero attached hydrogens (tertiary/aromatic N) is 6. The minimum absolute atomic E-state index is 0.176. The van der Waals surface area contributed by atoms with Crippen molar-refractivity contribution in [3.8, 4) is 50.1 Å². The van der Waals surface area contributed by atoms with Crippen molar-refractivity contribution in [1.29, 1.82) is 0 Å².